The highest BCUT2D eigenvalue weighted by molar-refractivity contribution is 9.09. The van der Waals surface area contributed by atoms with E-state index in [2.05, 4.69) is 39.6 Å². The molecule has 0 aliphatic carbocycles. The van der Waals surface area contributed by atoms with Crippen LogP contribution >= 0.6 is 15.9 Å². The molecule has 0 radical (unpaired) electrons. The van der Waals surface area contributed by atoms with Crippen LogP contribution in [0.4, 0.5) is 0 Å². The largest absolute Gasteiger partial charge is 0.103 e. The van der Waals surface area contributed by atoms with Crippen molar-refractivity contribution in [3.63, 3.8) is 0 Å². The van der Waals surface area contributed by atoms with E-state index < -0.39 is 0 Å². The molecule has 0 aliphatic rings. The number of alkyl halides is 1. The van der Waals surface area contributed by atoms with Crippen molar-refractivity contribution in [3.05, 3.63) is 0 Å². The summed E-state index contributed by atoms with van der Waals surface area (Å²) in [4.78, 5) is 0. The molecule has 0 N–H and O–H groups in total. The Kier molecular flexibility index (Phi) is 9.25. The molecular weight excluding hydrogens is 200 g/mol. The lowest BCUT2D eigenvalue weighted by molar-refractivity contribution is 1.00. The quantitative estimate of drug-likeness (QED) is 0.376. The van der Waals surface area contributed by atoms with Crippen LogP contribution in [0.25, 0.3) is 0 Å². The van der Waals surface area contributed by atoms with Crippen molar-refractivity contribution in [2.75, 3.05) is 5.33 Å². The molecule has 0 aromatic rings. The summed E-state index contributed by atoms with van der Waals surface area (Å²) in [5.41, 5.74) is 0. The van der Waals surface area contributed by atoms with Crippen molar-refractivity contribution in [2.45, 2.75) is 32.6 Å². The van der Waals surface area contributed by atoms with Gasteiger partial charge in [0.25, 0.3) is 0 Å². The Bertz CT molecular complexity index is 184. The van der Waals surface area contributed by atoms with Crippen LogP contribution in [0.1, 0.15) is 32.6 Å². The highest BCUT2D eigenvalue weighted by Gasteiger charge is 1.75. The summed E-state index contributed by atoms with van der Waals surface area (Å²) >= 11 is 3.35. The van der Waals surface area contributed by atoms with Gasteiger partial charge < -0.3 is 0 Å². The fourth-order valence-electron chi connectivity index (χ4n) is 0.538. The van der Waals surface area contributed by atoms with E-state index in [0.29, 0.717) is 0 Å². The van der Waals surface area contributed by atoms with Crippen LogP contribution in [0, 0.1) is 23.7 Å². The molecular formula is C10H13Br. The van der Waals surface area contributed by atoms with Crippen LogP contribution in [-0.2, 0) is 0 Å². The lowest BCUT2D eigenvalue weighted by Crippen LogP contribution is -1.70. The van der Waals surface area contributed by atoms with Crippen LogP contribution in [0.5, 0.6) is 0 Å². The molecule has 0 spiro atoms. The summed E-state index contributed by atoms with van der Waals surface area (Å²) in [6.07, 6.45) is 3.78. The van der Waals surface area contributed by atoms with Gasteiger partial charge in [0.2, 0.25) is 0 Å². The van der Waals surface area contributed by atoms with Gasteiger partial charge in [-0.1, -0.05) is 34.7 Å². The summed E-state index contributed by atoms with van der Waals surface area (Å²) in [5.74, 6) is 12.0. The maximum atomic E-state index is 3.35. The fourth-order valence-corrected chi connectivity index (χ4v) is 0.818. The Hall–Kier alpha value is -0.400. The first kappa shape index (κ1) is 10.6. The predicted octanol–water partition coefficient (Wildman–Crippen LogP) is 2.97. The third-order valence-electron chi connectivity index (χ3n) is 1.04. The van der Waals surface area contributed by atoms with E-state index >= 15 is 0 Å². The molecule has 11 heavy (non-hydrogen) atoms. The van der Waals surface area contributed by atoms with E-state index in [1.165, 1.54) is 0 Å². The Morgan fingerprint density at radius 2 is 1.82 bits per heavy atom. The summed E-state index contributed by atoms with van der Waals surface area (Å²) < 4.78 is 0. The maximum absolute atomic E-state index is 3.35. The third-order valence-corrected chi connectivity index (χ3v) is 1.60. The Balaban J connectivity index is 3.25. The van der Waals surface area contributed by atoms with Crippen LogP contribution < -0.4 is 0 Å². The minimum absolute atomic E-state index is 0.732. The maximum Gasteiger partial charge on any atom is 0.0702 e. The van der Waals surface area contributed by atoms with Gasteiger partial charge in [-0.25, -0.2) is 0 Å². The van der Waals surface area contributed by atoms with Crippen LogP contribution in [0.2, 0.25) is 0 Å². The fraction of sp³-hybridized carbons (Fsp3) is 0.600. The van der Waals surface area contributed by atoms with E-state index in [9.17, 15) is 0 Å². The molecule has 0 saturated carbocycles. The monoisotopic (exact) mass is 212 g/mol. The van der Waals surface area contributed by atoms with E-state index in [4.69, 9.17) is 0 Å². The Morgan fingerprint density at radius 3 is 2.45 bits per heavy atom. The molecule has 0 rings (SSSR count). The average molecular weight is 213 g/mol. The van der Waals surface area contributed by atoms with Gasteiger partial charge in [0, 0.05) is 18.2 Å². The molecule has 0 aromatic heterocycles. The number of hydrogen-bond acceptors (Lipinski definition) is 0. The van der Waals surface area contributed by atoms with E-state index in [1.54, 1.807) is 0 Å². The van der Waals surface area contributed by atoms with Gasteiger partial charge in [0.15, 0.2) is 0 Å². The smallest absolute Gasteiger partial charge is 0.0702 e. The second-order valence-electron chi connectivity index (χ2n) is 2.03. The molecule has 0 heterocycles. The number of halogens is 1. The lowest BCUT2D eigenvalue weighted by atomic mass is 10.3. The van der Waals surface area contributed by atoms with Crippen molar-refractivity contribution in [3.8, 4) is 23.7 Å². The first-order chi connectivity index (χ1) is 5.41. The lowest BCUT2D eigenvalue weighted by Gasteiger charge is -1.80. The van der Waals surface area contributed by atoms with E-state index in [0.717, 1.165) is 31.0 Å². The summed E-state index contributed by atoms with van der Waals surface area (Å²) in [5, 5.41) is 1.04. The first-order valence-electron chi connectivity index (χ1n) is 3.89. The van der Waals surface area contributed by atoms with Gasteiger partial charge >= 0.3 is 0 Å². The molecule has 1 heteroatoms. The molecule has 0 saturated heterocycles. The molecule has 0 aliphatic heterocycles. The predicted molar refractivity (Wildman–Crippen MR) is 53.5 cm³/mol. The van der Waals surface area contributed by atoms with Gasteiger partial charge in [-0.2, -0.15) is 0 Å². The molecule has 0 atom stereocenters. The molecule has 0 fully saturated rings. The average Bonchev–Trinajstić information content (AvgIpc) is 2.03. The SMILES string of the molecule is CCC#CCC#CCCCBr. The summed E-state index contributed by atoms with van der Waals surface area (Å²) in [6.45, 7) is 2.05. The number of hydrogen-bond donors (Lipinski definition) is 0. The van der Waals surface area contributed by atoms with Crippen molar-refractivity contribution in [1.82, 2.24) is 0 Å². The molecule has 0 aromatic carbocycles. The van der Waals surface area contributed by atoms with Gasteiger partial charge in [-0.15, -0.1) is 11.8 Å². The van der Waals surface area contributed by atoms with E-state index in [1.807, 2.05) is 6.92 Å². The zero-order valence-electron chi connectivity index (χ0n) is 6.91. The molecule has 0 amide bonds. The van der Waals surface area contributed by atoms with Crippen LogP contribution in [0.15, 0.2) is 0 Å². The minimum Gasteiger partial charge on any atom is -0.103 e. The normalized spacial score (nSPS) is 7.45. The summed E-state index contributed by atoms with van der Waals surface area (Å²) in [6, 6.07) is 0. The van der Waals surface area contributed by atoms with Gasteiger partial charge in [-0.3, -0.25) is 0 Å². The second kappa shape index (κ2) is 9.60. The van der Waals surface area contributed by atoms with Crippen molar-refractivity contribution in [2.24, 2.45) is 0 Å². The van der Waals surface area contributed by atoms with E-state index in [-0.39, 0.29) is 0 Å². The zero-order chi connectivity index (χ0) is 8.36. The number of rotatable bonds is 2. The molecule has 0 bridgehead atoms. The standard InChI is InChI=1S/C10H13Br/c1-2-3-4-5-6-7-8-9-10-11/h2,5,8-10H2,1H3. The second-order valence-corrected chi connectivity index (χ2v) is 2.82. The van der Waals surface area contributed by atoms with Gasteiger partial charge in [0.05, 0.1) is 6.42 Å². The highest BCUT2D eigenvalue weighted by atomic mass is 79.9. The highest BCUT2D eigenvalue weighted by Crippen LogP contribution is 1.91. The summed E-state index contributed by atoms with van der Waals surface area (Å²) in [7, 11) is 0. The third kappa shape index (κ3) is 9.60. The molecule has 0 unspecified atom stereocenters. The molecule has 0 nitrogen and oxygen atoms in total. The topological polar surface area (TPSA) is 0 Å². The van der Waals surface area contributed by atoms with Gasteiger partial charge in [0.1, 0.15) is 0 Å². The zero-order valence-corrected chi connectivity index (χ0v) is 8.50. The number of unbranched alkanes of at least 4 members (excludes halogenated alkanes) is 1. The Labute approximate surface area is 77.9 Å². The molecule has 60 valence electrons. The van der Waals surface area contributed by atoms with Crippen LogP contribution in [0.3, 0.4) is 0 Å². The van der Waals surface area contributed by atoms with Crippen molar-refractivity contribution < 1.29 is 0 Å². The van der Waals surface area contributed by atoms with Gasteiger partial charge in [-0.05, 0) is 6.42 Å². The Morgan fingerprint density at radius 1 is 1.09 bits per heavy atom. The van der Waals surface area contributed by atoms with Crippen molar-refractivity contribution in [1.29, 1.82) is 0 Å². The minimum atomic E-state index is 0.732. The first-order valence-corrected chi connectivity index (χ1v) is 5.01. The van der Waals surface area contributed by atoms with Crippen LogP contribution in [-0.4, -0.2) is 5.33 Å². The van der Waals surface area contributed by atoms with Crippen molar-refractivity contribution >= 4 is 15.9 Å².